The number of halogens is 1. The van der Waals surface area contributed by atoms with E-state index in [9.17, 15) is 14.9 Å². The van der Waals surface area contributed by atoms with Crippen LogP contribution in [-0.2, 0) is 6.42 Å². The lowest BCUT2D eigenvalue weighted by Gasteiger charge is -2.25. The van der Waals surface area contributed by atoms with Gasteiger partial charge in [0.15, 0.2) is 0 Å². The molecule has 0 unspecified atom stereocenters. The average molecular weight is 347 g/mol. The minimum atomic E-state index is -0.610. The Bertz CT molecular complexity index is 794. The van der Waals surface area contributed by atoms with Crippen molar-refractivity contribution in [2.24, 2.45) is 5.92 Å². The predicted molar refractivity (Wildman–Crippen MR) is 89.6 cm³/mol. The van der Waals surface area contributed by atoms with Gasteiger partial charge in [-0.05, 0) is 30.2 Å². The van der Waals surface area contributed by atoms with Gasteiger partial charge in [-0.1, -0.05) is 29.8 Å². The zero-order valence-electron chi connectivity index (χ0n) is 12.7. The first-order valence-corrected chi connectivity index (χ1v) is 7.85. The Morgan fingerprint density at radius 3 is 2.92 bits per heavy atom. The fourth-order valence-corrected chi connectivity index (χ4v) is 2.87. The highest BCUT2D eigenvalue weighted by molar-refractivity contribution is 6.31. The average Bonchev–Trinajstić information content (AvgIpc) is 2.59. The van der Waals surface area contributed by atoms with Crippen molar-refractivity contribution in [2.75, 3.05) is 13.2 Å². The first-order valence-electron chi connectivity index (χ1n) is 7.47. The second-order valence-corrected chi connectivity index (χ2v) is 6.05. The summed E-state index contributed by atoms with van der Waals surface area (Å²) in [5, 5.41) is 14.0. The summed E-state index contributed by atoms with van der Waals surface area (Å²) < 4.78 is 5.67. The van der Waals surface area contributed by atoms with Crippen LogP contribution >= 0.6 is 11.6 Å². The maximum absolute atomic E-state index is 12.3. The molecule has 0 fully saturated rings. The first-order chi connectivity index (χ1) is 11.5. The number of carbonyl (C=O) groups excluding carboxylic acids is 1. The van der Waals surface area contributed by atoms with Crippen molar-refractivity contribution in [1.82, 2.24) is 5.32 Å². The van der Waals surface area contributed by atoms with Crippen molar-refractivity contribution in [2.45, 2.75) is 6.42 Å². The van der Waals surface area contributed by atoms with Gasteiger partial charge in [-0.15, -0.1) is 0 Å². The molecule has 0 saturated carbocycles. The largest absolute Gasteiger partial charge is 0.493 e. The fourth-order valence-electron chi connectivity index (χ4n) is 2.70. The third-order valence-electron chi connectivity index (χ3n) is 3.91. The maximum atomic E-state index is 12.3. The van der Waals surface area contributed by atoms with Crippen molar-refractivity contribution in [3.05, 3.63) is 68.7 Å². The summed E-state index contributed by atoms with van der Waals surface area (Å²) in [7, 11) is 0. The van der Waals surface area contributed by atoms with E-state index in [0.717, 1.165) is 17.7 Å². The van der Waals surface area contributed by atoms with Gasteiger partial charge in [0.2, 0.25) is 0 Å². The van der Waals surface area contributed by atoms with Gasteiger partial charge in [-0.3, -0.25) is 14.9 Å². The highest BCUT2D eigenvalue weighted by Gasteiger charge is 2.23. The predicted octanol–water partition coefficient (Wildman–Crippen LogP) is 3.23. The Labute approximate surface area is 143 Å². The van der Waals surface area contributed by atoms with E-state index in [4.69, 9.17) is 16.3 Å². The molecule has 0 bridgehead atoms. The number of hydrogen-bond donors (Lipinski definition) is 1. The number of benzene rings is 2. The number of nitrogens with one attached hydrogen (secondary N) is 1. The van der Waals surface area contributed by atoms with E-state index < -0.39 is 10.8 Å². The van der Waals surface area contributed by atoms with Gasteiger partial charge < -0.3 is 10.1 Å². The van der Waals surface area contributed by atoms with E-state index >= 15 is 0 Å². The molecule has 1 N–H and O–H groups in total. The molecule has 24 heavy (non-hydrogen) atoms. The van der Waals surface area contributed by atoms with Crippen molar-refractivity contribution in [3.8, 4) is 5.75 Å². The Hall–Kier alpha value is -2.60. The summed E-state index contributed by atoms with van der Waals surface area (Å²) in [5.74, 6) is 0.501. The number of fused-ring (bicyclic) bond motifs is 1. The zero-order valence-corrected chi connectivity index (χ0v) is 13.5. The normalized spacial score (nSPS) is 16.0. The number of hydrogen-bond acceptors (Lipinski definition) is 4. The van der Waals surface area contributed by atoms with Gasteiger partial charge >= 0.3 is 0 Å². The molecule has 0 aromatic heterocycles. The summed E-state index contributed by atoms with van der Waals surface area (Å²) in [6, 6.07) is 11.8. The van der Waals surface area contributed by atoms with Crippen LogP contribution in [0.5, 0.6) is 5.75 Å². The van der Waals surface area contributed by atoms with E-state index in [-0.39, 0.29) is 22.2 Å². The van der Waals surface area contributed by atoms with Crippen LogP contribution in [0.4, 0.5) is 5.69 Å². The summed E-state index contributed by atoms with van der Waals surface area (Å²) in [6.45, 7) is 0.882. The summed E-state index contributed by atoms with van der Waals surface area (Å²) in [4.78, 5) is 22.7. The fraction of sp³-hybridized carbons (Fsp3) is 0.235. The maximum Gasteiger partial charge on any atom is 0.283 e. The molecule has 0 aliphatic carbocycles. The number of ether oxygens (including phenoxy) is 1. The highest BCUT2D eigenvalue weighted by atomic mass is 35.5. The van der Waals surface area contributed by atoms with Crippen LogP contribution in [0, 0.1) is 16.0 Å². The SMILES string of the molecule is O=C(NC[C@H]1COc2ccccc2C1)c1ccc(Cl)cc1[N+](=O)[O-]. The van der Waals surface area contributed by atoms with Crippen molar-refractivity contribution >= 4 is 23.2 Å². The van der Waals surface area contributed by atoms with Gasteiger partial charge in [0.1, 0.15) is 11.3 Å². The third kappa shape index (κ3) is 3.49. The van der Waals surface area contributed by atoms with Crippen molar-refractivity contribution < 1.29 is 14.5 Å². The van der Waals surface area contributed by atoms with Crippen LogP contribution in [-0.4, -0.2) is 24.0 Å². The molecular weight excluding hydrogens is 332 g/mol. The van der Waals surface area contributed by atoms with Crippen LogP contribution in [0.25, 0.3) is 0 Å². The molecule has 7 heteroatoms. The minimum Gasteiger partial charge on any atom is -0.493 e. The Morgan fingerprint density at radius 2 is 2.12 bits per heavy atom. The first kappa shape index (κ1) is 16.3. The van der Waals surface area contributed by atoms with Gasteiger partial charge in [0.25, 0.3) is 11.6 Å². The molecular formula is C17H15ClN2O4. The quantitative estimate of drug-likeness (QED) is 0.680. The van der Waals surface area contributed by atoms with Gasteiger partial charge in [0, 0.05) is 23.6 Å². The molecule has 1 aliphatic rings. The number of carbonyl (C=O) groups is 1. The minimum absolute atomic E-state index is 0.00141. The molecule has 2 aromatic rings. The Kier molecular flexibility index (Phi) is 4.66. The molecule has 0 saturated heterocycles. The number of para-hydroxylation sites is 1. The van der Waals surface area contributed by atoms with E-state index in [1.54, 1.807) is 0 Å². The number of nitrogens with zero attached hydrogens (tertiary/aromatic N) is 1. The Morgan fingerprint density at radius 1 is 1.33 bits per heavy atom. The molecule has 1 aliphatic heterocycles. The highest BCUT2D eigenvalue weighted by Crippen LogP contribution is 2.27. The standard InChI is InChI=1S/C17H15ClN2O4/c18-13-5-6-14(15(8-13)20(22)23)17(21)19-9-11-7-12-3-1-2-4-16(12)24-10-11/h1-6,8,11H,7,9-10H2,(H,19,21)/t11-/m0/s1. The van der Waals surface area contributed by atoms with Crippen LogP contribution in [0.3, 0.4) is 0 Å². The van der Waals surface area contributed by atoms with Crippen LogP contribution < -0.4 is 10.1 Å². The molecule has 2 aromatic carbocycles. The Balaban J connectivity index is 1.66. The third-order valence-corrected chi connectivity index (χ3v) is 4.14. The van der Waals surface area contributed by atoms with E-state index in [1.165, 1.54) is 18.2 Å². The summed E-state index contributed by atoms with van der Waals surface area (Å²) in [6.07, 6.45) is 0.791. The second-order valence-electron chi connectivity index (χ2n) is 5.62. The summed E-state index contributed by atoms with van der Waals surface area (Å²) >= 11 is 5.76. The second kappa shape index (κ2) is 6.88. The molecule has 0 spiro atoms. The lowest BCUT2D eigenvalue weighted by atomic mass is 9.96. The number of rotatable bonds is 4. The van der Waals surface area contributed by atoms with Gasteiger partial charge in [-0.25, -0.2) is 0 Å². The lowest BCUT2D eigenvalue weighted by molar-refractivity contribution is -0.385. The summed E-state index contributed by atoms with van der Waals surface area (Å²) in [5.41, 5.74) is 0.798. The zero-order chi connectivity index (χ0) is 17.1. The monoisotopic (exact) mass is 346 g/mol. The van der Waals surface area contributed by atoms with Gasteiger partial charge in [-0.2, -0.15) is 0 Å². The molecule has 0 radical (unpaired) electrons. The lowest BCUT2D eigenvalue weighted by Crippen LogP contribution is -2.35. The molecule has 124 valence electrons. The molecule has 3 rings (SSSR count). The van der Waals surface area contributed by atoms with E-state index in [1.807, 2.05) is 24.3 Å². The smallest absolute Gasteiger partial charge is 0.283 e. The van der Waals surface area contributed by atoms with Crippen molar-refractivity contribution in [3.63, 3.8) is 0 Å². The number of nitro benzene ring substituents is 1. The topological polar surface area (TPSA) is 81.5 Å². The molecule has 1 heterocycles. The van der Waals surface area contributed by atoms with Crippen molar-refractivity contribution in [1.29, 1.82) is 0 Å². The number of amides is 1. The van der Waals surface area contributed by atoms with E-state index in [2.05, 4.69) is 5.32 Å². The van der Waals surface area contributed by atoms with Gasteiger partial charge in [0.05, 0.1) is 11.5 Å². The molecule has 1 atom stereocenters. The molecule has 1 amide bonds. The van der Waals surface area contributed by atoms with Crippen LogP contribution in [0.15, 0.2) is 42.5 Å². The van der Waals surface area contributed by atoms with Crippen LogP contribution in [0.2, 0.25) is 5.02 Å². The number of nitro groups is 1. The van der Waals surface area contributed by atoms with Crippen LogP contribution in [0.1, 0.15) is 15.9 Å². The molecule has 6 nitrogen and oxygen atoms in total. The van der Waals surface area contributed by atoms with E-state index in [0.29, 0.717) is 13.2 Å².